The first-order valence-electron chi connectivity index (χ1n) is 7.42. The van der Waals surface area contributed by atoms with Gasteiger partial charge >= 0.3 is 5.97 Å². The maximum absolute atomic E-state index is 13.9. The lowest BCUT2D eigenvalue weighted by molar-refractivity contribution is -0.143. The summed E-state index contributed by atoms with van der Waals surface area (Å²) < 4.78 is 15.7. The Balaban J connectivity index is 2.03. The third kappa shape index (κ3) is 2.12. The molecule has 1 heterocycles. The summed E-state index contributed by atoms with van der Waals surface area (Å²) in [5, 5.41) is 14.0. The van der Waals surface area contributed by atoms with E-state index in [1.165, 1.54) is 6.07 Å². The average molecular weight is 302 g/mol. The van der Waals surface area contributed by atoms with E-state index in [1.54, 1.807) is 29.9 Å². The van der Waals surface area contributed by atoms with Gasteiger partial charge in [-0.3, -0.25) is 9.48 Å². The van der Waals surface area contributed by atoms with E-state index in [4.69, 9.17) is 0 Å². The molecule has 1 fully saturated rings. The number of benzene rings is 1. The standard InChI is InChI=1S/C17H19FN2O2/c1-11-13(4-3-5-14(11)18)17(16(21)22)8-6-12(10-17)15-7-9-19-20(15)2/h3-5,7,9,12H,6,8,10H2,1-2H3,(H,21,22)/t12?,17-/m0/s1. The van der Waals surface area contributed by atoms with Crippen molar-refractivity contribution in [2.45, 2.75) is 37.5 Å². The topological polar surface area (TPSA) is 55.1 Å². The zero-order valence-electron chi connectivity index (χ0n) is 12.7. The van der Waals surface area contributed by atoms with Crippen molar-refractivity contribution in [1.29, 1.82) is 0 Å². The van der Waals surface area contributed by atoms with Crippen LogP contribution in [0.15, 0.2) is 30.5 Å². The number of aromatic nitrogens is 2. The Hall–Kier alpha value is -2.17. The lowest BCUT2D eigenvalue weighted by Gasteiger charge is -2.27. The molecule has 2 aromatic rings. The Labute approximate surface area is 128 Å². The van der Waals surface area contributed by atoms with E-state index in [-0.39, 0.29) is 11.7 Å². The van der Waals surface area contributed by atoms with Crippen LogP contribution < -0.4 is 0 Å². The van der Waals surface area contributed by atoms with E-state index < -0.39 is 11.4 Å². The molecule has 0 amide bonds. The Bertz CT molecular complexity index is 725. The molecular weight excluding hydrogens is 283 g/mol. The number of carbonyl (C=O) groups is 1. The van der Waals surface area contributed by atoms with Crippen molar-refractivity contribution in [2.75, 3.05) is 0 Å². The predicted octanol–water partition coefficient (Wildman–Crippen LogP) is 3.16. The lowest BCUT2D eigenvalue weighted by atomic mass is 9.76. The SMILES string of the molecule is Cc1c(F)cccc1[C@]1(C(=O)O)CCC(c2ccnn2C)C1. The molecule has 22 heavy (non-hydrogen) atoms. The highest BCUT2D eigenvalue weighted by atomic mass is 19.1. The minimum absolute atomic E-state index is 0.131. The van der Waals surface area contributed by atoms with Gasteiger partial charge in [-0.15, -0.1) is 0 Å². The van der Waals surface area contributed by atoms with Crippen molar-refractivity contribution < 1.29 is 14.3 Å². The highest BCUT2D eigenvalue weighted by molar-refractivity contribution is 5.82. The first-order chi connectivity index (χ1) is 10.5. The molecule has 0 radical (unpaired) electrons. The van der Waals surface area contributed by atoms with Gasteiger partial charge in [0.15, 0.2) is 0 Å². The Morgan fingerprint density at radius 2 is 2.23 bits per heavy atom. The Morgan fingerprint density at radius 3 is 2.86 bits per heavy atom. The number of carboxylic acid groups (broad SMARTS) is 1. The lowest BCUT2D eigenvalue weighted by Crippen LogP contribution is -2.34. The van der Waals surface area contributed by atoms with Crippen LogP contribution in [0.4, 0.5) is 4.39 Å². The van der Waals surface area contributed by atoms with Crippen molar-refractivity contribution in [1.82, 2.24) is 9.78 Å². The van der Waals surface area contributed by atoms with Crippen molar-refractivity contribution in [2.24, 2.45) is 7.05 Å². The van der Waals surface area contributed by atoms with Gasteiger partial charge in [0.1, 0.15) is 5.82 Å². The summed E-state index contributed by atoms with van der Waals surface area (Å²) in [7, 11) is 1.86. The van der Waals surface area contributed by atoms with Crippen LogP contribution in [-0.4, -0.2) is 20.9 Å². The number of rotatable bonds is 3. The molecule has 1 saturated carbocycles. The second-order valence-corrected chi connectivity index (χ2v) is 6.12. The highest BCUT2D eigenvalue weighted by Crippen LogP contribution is 2.49. The molecule has 5 heteroatoms. The van der Waals surface area contributed by atoms with Gasteiger partial charge < -0.3 is 5.11 Å². The van der Waals surface area contributed by atoms with Crippen molar-refractivity contribution >= 4 is 5.97 Å². The zero-order chi connectivity index (χ0) is 15.9. The van der Waals surface area contributed by atoms with Crippen molar-refractivity contribution in [3.63, 3.8) is 0 Å². The smallest absolute Gasteiger partial charge is 0.314 e. The summed E-state index contributed by atoms with van der Waals surface area (Å²) in [5.74, 6) is -1.08. The first-order valence-corrected chi connectivity index (χ1v) is 7.42. The fourth-order valence-corrected chi connectivity index (χ4v) is 3.76. The number of hydrogen-bond donors (Lipinski definition) is 1. The van der Waals surface area contributed by atoms with Crippen LogP contribution in [0.2, 0.25) is 0 Å². The summed E-state index contributed by atoms with van der Waals surface area (Å²) in [4.78, 5) is 12.0. The minimum Gasteiger partial charge on any atom is -0.481 e. The second-order valence-electron chi connectivity index (χ2n) is 6.12. The van der Waals surface area contributed by atoms with Gasteiger partial charge in [-0.05, 0) is 49.4 Å². The van der Waals surface area contributed by atoms with Crippen LogP contribution in [0.1, 0.15) is 42.0 Å². The Kier molecular flexibility index (Phi) is 3.51. The van der Waals surface area contributed by atoms with Gasteiger partial charge in [-0.1, -0.05) is 12.1 Å². The van der Waals surface area contributed by atoms with E-state index >= 15 is 0 Å². The molecule has 4 nitrogen and oxygen atoms in total. The quantitative estimate of drug-likeness (QED) is 0.947. The molecule has 116 valence electrons. The molecule has 2 atom stereocenters. The largest absolute Gasteiger partial charge is 0.481 e. The first kappa shape index (κ1) is 14.8. The van der Waals surface area contributed by atoms with Gasteiger partial charge in [-0.2, -0.15) is 5.10 Å². The van der Waals surface area contributed by atoms with Crippen LogP contribution in [0.3, 0.4) is 0 Å². The van der Waals surface area contributed by atoms with Crippen LogP contribution in [-0.2, 0) is 17.3 Å². The number of nitrogens with zero attached hydrogens (tertiary/aromatic N) is 2. The third-order valence-corrected chi connectivity index (χ3v) is 4.98. The molecular formula is C17H19FN2O2. The fourth-order valence-electron chi connectivity index (χ4n) is 3.76. The van der Waals surface area contributed by atoms with Crippen LogP contribution >= 0.6 is 0 Å². The normalized spacial score (nSPS) is 24.6. The maximum Gasteiger partial charge on any atom is 0.314 e. The third-order valence-electron chi connectivity index (χ3n) is 4.98. The maximum atomic E-state index is 13.9. The monoisotopic (exact) mass is 302 g/mol. The van der Waals surface area contributed by atoms with Crippen LogP contribution in [0.25, 0.3) is 0 Å². The van der Waals surface area contributed by atoms with Crippen molar-refractivity contribution in [3.8, 4) is 0 Å². The van der Waals surface area contributed by atoms with Crippen LogP contribution in [0.5, 0.6) is 0 Å². The molecule has 0 aliphatic heterocycles. The minimum atomic E-state index is -1.01. The summed E-state index contributed by atoms with van der Waals surface area (Å²) in [5.41, 5.74) is 1.07. The van der Waals surface area contributed by atoms with E-state index in [2.05, 4.69) is 5.10 Å². The average Bonchev–Trinajstić information content (AvgIpc) is 3.08. The highest BCUT2D eigenvalue weighted by Gasteiger charge is 2.48. The predicted molar refractivity (Wildman–Crippen MR) is 80.3 cm³/mol. The van der Waals surface area contributed by atoms with E-state index in [1.807, 2.05) is 13.1 Å². The van der Waals surface area contributed by atoms with E-state index in [0.717, 1.165) is 12.1 Å². The zero-order valence-corrected chi connectivity index (χ0v) is 12.7. The number of halogens is 1. The number of hydrogen-bond acceptors (Lipinski definition) is 2. The van der Waals surface area contributed by atoms with E-state index in [9.17, 15) is 14.3 Å². The summed E-state index contributed by atoms with van der Waals surface area (Å²) in [6, 6.07) is 6.65. The number of carboxylic acids is 1. The van der Waals surface area contributed by atoms with Crippen molar-refractivity contribution in [3.05, 3.63) is 53.1 Å². The molecule has 0 bridgehead atoms. The molecule has 0 spiro atoms. The molecule has 3 rings (SSSR count). The number of aryl methyl sites for hydroxylation is 1. The van der Waals surface area contributed by atoms with E-state index in [0.29, 0.717) is 24.0 Å². The molecule has 1 aromatic heterocycles. The summed E-state index contributed by atoms with van der Waals surface area (Å²) in [6.45, 7) is 1.66. The van der Waals surface area contributed by atoms with Crippen LogP contribution in [0, 0.1) is 12.7 Å². The molecule has 1 unspecified atom stereocenters. The molecule has 1 N–H and O–H groups in total. The summed E-state index contributed by atoms with van der Waals surface area (Å²) >= 11 is 0. The molecule has 1 aliphatic rings. The summed E-state index contributed by atoms with van der Waals surface area (Å²) in [6.07, 6.45) is 3.49. The molecule has 1 aliphatic carbocycles. The van der Waals surface area contributed by atoms with Gasteiger partial charge in [0.25, 0.3) is 0 Å². The fraction of sp³-hybridized carbons (Fsp3) is 0.412. The molecule has 0 saturated heterocycles. The van der Waals surface area contributed by atoms with Gasteiger partial charge in [0, 0.05) is 24.9 Å². The Morgan fingerprint density at radius 1 is 1.45 bits per heavy atom. The van der Waals surface area contributed by atoms with Gasteiger partial charge in [-0.25, -0.2) is 4.39 Å². The van der Waals surface area contributed by atoms with Gasteiger partial charge in [0.2, 0.25) is 0 Å². The number of aliphatic carboxylic acids is 1. The van der Waals surface area contributed by atoms with Gasteiger partial charge in [0.05, 0.1) is 5.41 Å². The molecule has 1 aromatic carbocycles. The second kappa shape index (κ2) is 5.23.